The van der Waals surface area contributed by atoms with Crippen molar-refractivity contribution in [3.8, 4) is 23.0 Å². The molecular weight excluding hydrogens is 362 g/mol. The summed E-state index contributed by atoms with van der Waals surface area (Å²) in [6, 6.07) is 14.2. The van der Waals surface area contributed by atoms with Crippen molar-refractivity contribution in [3.05, 3.63) is 60.3 Å². The van der Waals surface area contributed by atoms with Crippen molar-refractivity contribution in [1.82, 2.24) is 4.98 Å². The molecule has 0 aliphatic carbocycles. The van der Waals surface area contributed by atoms with Crippen molar-refractivity contribution in [2.75, 3.05) is 24.2 Å². The number of nitrogens with one attached hydrogen (secondary N) is 2. The van der Waals surface area contributed by atoms with Gasteiger partial charge in [-0.3, -0.25) is 4.79 Å². The van der Waals surface area contributed by atoms with Gasteiger partial charge in [0.25, 0.3) is 5.91 Å². The molecule has 5 rings (SSSR count). The van der Waals surface area contributed by atoms with Crippen LogP contribution < -0.4 is 29.6 Å². The highest BCUT2D eigenvalue weighted by Gasteiger charge is 2.16. The highest BCUT2D eigenvalue weighted by Crippen LogP contribution is 2.35. The lowest BCUT2D eigenvalue weighted by Gasteiger charge is -2.09. The monoisotopic (exact) mass is 377 g/mol. The number of carbonyl (C=O) groups is 1. The Morgan fingerprint density at radius 3 is 2.21 bits per heavy atom. The highest BCUT2D eigenvalue weighted by molar-refractivity contribution is 6.04. The maximum atomic E-state index is 12.4. The SMILES string of the molecule is O=C(Nc1ccc(Nc2ccc3c(c2)OCO3)nc1)c1ccc2c(c1)OCO2. The van der Waals surface area contributed by atoms with Crippen molar-refractivity contribution in [2.24, 2.45) is 0 Å². The summed E-state index contributed by atoms with van der Waals surface area (Å²) in [5, 5.41) is 6.00. The summed E-state index contributed by atoms with van der Waals surface area (Å²) in [5.74, 6) is 3.00. The number of anilines is 3. The molecule has 0 spiro atoms. The molecule has 2 aliphatic heterocycles. The predicted octanol–water partition coefficient (Wildman–Crippen LogP) is 3.53. The van der Waals surface area contributed by atoms with Crippen LogP contribution in [0.2, 0.25) is 0 Å². The molecule has 0 fully saturated rings. The molecule has 8 nitrogen and oxygen atoms in total. The zero-order valence-corrected chi connectivity index (χ0v) is 14.6. The third kappa shape index (κ3) is 3.11. The molecule has 0 saturated heterocycles. The van der Waals surface area contributed by atoms with Gasteiger partial charge in [-0.2, -0.15) is 0 Å². The van der Waals surface area contributed by atoms with Gasteiger partial charge in [-0.1, -0.05) is 0 Å². The summed E-state index contributed by atoms with van der Waals surface area (Å²) in [6.07, 6.45) is 1.58. The molecule has 2 aromatic carbocycles. The summed E-state index contributed by atoms with van der Waals surface area (Å²) < 4.78 is 21.2. The fourth-order valence-electron chi connectivity index (χ4n) is 2.90. The quantitative estimate of drug-likeness (QED) is 0.719. The number of pyridine rings is 1. The second-order valence-electron chi connectivity index (χ2n) is 6.15. The Labute approximate surface area is 160 Å². The maximum absolute atomic E-state index is 12.4. The smallest absolute Gasteiger partial charge is 0.255 e. The van der Waals surface area contributed by atoms with Crippen molar-refractivity contribution < 1.29 is 23.7 Å². The van der Waals surface area contributed by atoms with Gasteiger partial charge in [-0.25, -0.2) is 4.98 Å². The molecule has 2 N–H and O–H groups in total. The number of hydrogen-bond acceptors (Lipinski definition) is 7. The van der Waals surface area contributed by atoms with Gasteiger partial charge >= 0.3 is 0 Å². The molecular formula is C20H15N3O5. The van der Waals surface area contributed by atoms with Crippen LogP contribution in [-0.4, -0.2) is 24.5 Å². The summed E-state index contributed by atoms with van der Waals surface area (Å²) in [7, 11) is 0. The lowest BCUT2D eigenvalue weighted by atomic mass is 10.2. The van der Waals surface area contributed by atoms with Crippen molar-refractivity contribution in [1.29, 1.82) is 0 Å². The van der Waals surface area contributed by atoms with E-state index in [0.29, 0.717) is 34.3 Å². The number of nitrogens with zero attached hydrogens (tertiary/aromatic N) is 1. The van der Waals surface area contributed by atoms with Crippen LogP contribution in [-0.2, 0) is 0 Å². The second kappa shape index (κ2) is 6.66. The molecule has 3 heterocycles. The first-order valence-corrected chi connectivity index (χ1v) is 8.58. The molecule has 28 heavy (non-hydrogen) atoms. The fraction of sp³-hybridized carbons (Fsp3) is 0.100. The van der Waals surface area contributed by atoms with Gasteiger partial charge in [0.05, 0.1) is 11.9 Å². The molecule has 1 aromatic heterocycles. The van der Waals surface area contributed by atoms with E-state index in [-0.39, 0.29) is 19.5 Å². The topological polar surface area (TPSA) is 90.9 Å². The molecule has 0 unspecified atom stereocenters. The van der Waals surface area contributed by atoms with Crippen molar-refractivity contribution >= 4 is 23.1 Å². The predicted molar refractivity (Wildman–Crippen MR) is 101 cm³/mol. The molecule has 3 aromatic rings. The zero-order valence-electron chi connectivity index (χ0n) is 14.6. The number of rotatable bonds is 4. The Balaban J connectivity index is 1.25. The Morgan fingerprint density at radius 1 is 0.786 bits per heavy atom. The van der Waals surface area contributed by atoms with E-state index in [4.69, 9.17) is 18.9 Å². The standard InChI is InChI=1S/C20H15N3O5/c24-20(12-1-4-15-17(7-12)27-10-25-15)23-14-3-6-19(21-9-14)22-13-2-5-16-18(8-13)28-11-26-16/h1-9H,10-11H2,(H,21,22)(H,23,24). The van der Waals surface area contributed by atoms with Gasteiger partial charge in [0.1, 0.15) is 5.82 Å². The van der Waals surface area contributed by atoms with E-state index >= 15 is 0 Å². The molecule has 0 bridgehead atoms. The number of ether oxygens (including phenoxy) is 4. The molecule has 1 amide bonds. The molecule has 8 heteroatoms. The van der Waals surface area contributed by atoms with E-state index in [1.54, 1.807) is 36.5 Å². The lowest BCUT2D eigenvalue weighted by molar-refractivity contribution is 0.102. The molecule has 0 atom stereocenters. The fourth-order valence-corrected chi connectivity index (χ4v) is 2.90. The number of fused-ring (bicyclic) bond motifs is 2. The van der Waals surface area contributed by atoms with Gasteiger partial charge in [0.15, 0.2) is 23.0 Å². The Morgan fingerprint density at radius 2 is 1.46 bits per heavy atom. The molecule has 0 saturated carbocycles. The van der Waals surface area contributed by atoms with Crippen LogP contribution in [0.4, 0.5) is 17.2 Å². The summed E-state index contributed by atoms with van der Waals surface area (Å²) in [5.41, 5.74) is 1.89. The van der Waals surface area contributed by atoms with Crippen LogP contribution in [0, 0.1) is 0 Å². The van der Waals surface area contributed by atoms with Gasteiger partial charge in [0, 0.05) is 17.3 Å². The Bertz CT molecular complexity index is 1050. The summed E-state index contributed by atoms with van der Waals surface area (Å²) in [6.45, 7) is 0.400. The van der Waals surface area contributed by atoms with E-state index < -0.39 is 0 Å². The first-order chi connectivity index (χ1) is 13.7. The van der Waals surface area contributed by atoms with Gasteiger partial charge in [-0.15, -0.1) is 0 Å². The Kier molecular flexibility index (Phi) is 3.86. The Hall–Kier alpha value is -3.94. The molecule has 140 valence electrons. The first-order valence-electron chi connectivity index (χ1n) is 8.58. The summed E-state index contributed by atoms with van der Waals surface area (Å²) in [4.78, 5) is 16.8. The van der Waals surface area contributed by atoms with Gasteiger partial charge in [-0.05, 0) is 42.5 Å². The largest absolute Gasteiger partial charge is 0.454 e. The first kappa shape index (κ1) is 16.2. The average Bonchev–Trinajstić information content (AvgIpc) is 3.37. The second-order valence-corrected chi connectivity index (χ2v) is 6.15. The van der Waals surface area contributed by atoms with Crippen LogP contribution in [0.5, 0.6) is 23.0 Å². The molecule has 2 aliphatic rings. The van der Waals surface area contributed by atoms with Crippen LogP contribution in [0.15, 0.2) is 54.7 Å². The average molecular weight is 377 g/mol. The van der Waals surface area contributed by atoms with Gasteiger partial charge in [0.2, 0.25) is 13.6 Å². The minimum absolute atomic E-state index is 0.169. The van der Waals surface area contributed by atoms with Crippen molar-refractivity contribution in [3.63, 3.8) is 0 Å². The van der Waals surface area contributed by atoms with E-state index in [0.717, 1.165) is 11.4 Å². The van der Waals surface area contributed by atoms with Crippen LogP contribution in [0.3, 0.4) is 0 Å². The third-order valence-electron chi connectivity index (χ3n) is 4.30. The van der Waals surface area contributed by atoms with Crippen LogP contribution in [0.1, 0.15) is 10.4 Å². The molecule has 0 radical (unpaired) electrons. The van der Waals surface area contributed by atoms with Crippen LogP contribution in [0.25, 0.3) is 0 Å². The zero-order chi connectivity index (χ0) is 18.9. The van der Waals surface area contributed by atoms with Crippen molar-refractivity contribution in [2.45, 2.75) is 0 Å². The number of aromatic nitrogens is 1. The number of benzene rings is 2. The van der Waals surface area contributed by atoms with E-state index in [1.165, 1.54) is 0 Å². The van der Waals surface area contributed by atoms with E-state index in [9.17, 15) is 4.79 Å². The normalized spacial score (nSPS) is 13.3. The van der Waals surface area contributed by atoms with E-state index in [1.807, 2.05) is 18.2 Å². The highest BCUT2D eigenvalue weighted by atomic mass is 16.7. The lowest BCUT2D eigenvalue weighted by Crippen LogP contribution is -2.12. The summed E-state index contributed by atoms with van der Waals surface area (Å²) >= 11 is 0. The number of hydrogen-bond donors (Lipinski definition) is 2. The minimum atomic E-state index is -0.253. The number of carbonyl (C=O) groups excluding carboxylic acids is 1. The van der Waals surface area contributed by atoms with Crippen LogP contribution >= 0.6 is 0 Å². The van der Waals surface area contributed by atoms with E-state index in [2.05, 4.69) is 15.6 Å². The third-order valence-corrected chi connectivity index (χ3v) is 4.30. The maximum Gasteiger partial charge on any atom is 0.255 e. The number of amides is 1. The minimum Gasteiger partial charge on any atom is -0.454 e. The van der Waals surface area contributed by atoms with Gasteiger partial charge < -0.3 is 29.6 Å².